The van der Waals surface area contributed by atoms with E-state index in [-0.39, 0.29) is 0 Å². The van der Waals surface area contributed by atoms with Gasteiger partial charge in [0.15, 0.2) is 0 Å². The van der Waals surface area contributed by atoms with Crippen molar-refractivity contribution in [2.75, 3.05) is 4.90 Å². The number of rotatable bonds is 4. The van der Waals surface area contributed by atoms with Gasteiger partial charge in [0.1, 0.15) is 5.76 Å². The maximum Gasteiger partial charge on any atom is 0.123 e. The third kappa shape index (κ3) is 2.96. The minimum absolute atomic E-state index is 0.468. The molecule has 1 aliphatic carbocycles. The van der Waals surface area contributed by atoms with Crippen molar-refractivity contribution in [2.45, 2.75) is 38.8 Å². The van der Waals surface area contributed by atoms with Gasteiger partial charge in [-0.15, -0.1) is 0 Å². The Hall–Kier alpha value is -1.96. The van der Waals surface area contributed by atoms with Gasteiger partial charge in [-0.2, -0.15) is 0 Å². The van der Waals surface area contributed by atoms with Crippen molar-refractivity contribution in [3.63, 3.8) is 0 Å². The Labute approximate surface area is 120 Å². The Morgan fingerprint density at radius 2 is 2.20 bits per heavy atom. The molecule has 20 heavy (non-hydrogen) atoms. The Kier molecular flexibility index (Phi) is 3.91. The Bertz CT molecular complexity index is 571. The molecule has 3 rings (SSSR count). The summed E-state index contributed by atoms with van der Waals surface area (Å²) < 4.78 is 5.54. The number of benzene rings is 1. The number of nitrogens with zero attached hydrogens (tertiary/aromatic N) is 1. The van der Waals surface area contributed by atoms with Crippen LogP contribution in [-0.4, -0.2) is 6.04 Å². The molecule has 0 spiro atoms. The van der Waals surface area contributed by atoms with Gasteiger partial charge < -0.3 is 9.32 Å². The SMILES string of the molecule is Cc1cccc(N(Cc2ccco2)C2C=CCCC2)c1. The second-order valence-corrected chi connectivity index (χ2v) is 5.47. The van der Waals surface area contributed by atoms with Gasteiger partial charge in [0.05, 0.1) is 12.8 Å². The average molecular weight is 267 g/mol. The zero-order chi connectivity index (χ0) is 13.8. The molecule has 2 heteroatoms. The van der Waals surface area contributed by atoms with Crippen LogP contribution in [0.15, 0.2) is 59.2 Å². The van der Waals surface area contributed by atoms with Crippen molar-refractivity contribution in [3.05, 3.63) is 66.1 Å². The summed E-state index contributed by atoms with van der Waals surface area (Å²) in [6.45, 7) is 2.97. The van der Waals surface area contributed by atoms with Crippen LogP contribution < -0.4 is 4.90 Å². The smallest absolute Gasteiger partial charge is 0.123 e. The summed E-state index contributed by atoms with van der Waals surface area (Å²) in [4.78, 5) is 2.45. The highest BCUT2D eigenvalue weighted by atomic mass is 16.3. The molecule has 0 N–H and O–H groups in total. The van der Waals surface area contributed by atoms with Crippen molar-refractivity contribution in [1.29, 1.82) is 0 Å². The molecule has 1 atom stereocenters. The van der Waals surface area contributed by atoms with E-state index in [1.165, 1.54) is 30.5 Å². The molecule has 0 fully saturated rings. The van der Waals surface area contributed by atoms with Crippen LogP contribution in [0.4, 0.5) is 5.69 Å². The summed E-state index contributed by atoms with van der Waals surface area (Å²) in [6.07, 6.45) is 10.1. The average Bonchev–Trinajstić information content (AvgIpc) is 2.99. The van der Waals surface area contributed by atoms with Crippen LogP contribution in [0.5, 0.6) is 0 Å². The molecule has 104 valence electrons. The van der Waals surface area contributed by atoms with Crippen LogP contribution >= 0.6 is 0 Å². The van der Waals surface area contributed by atoms with Gasteiger partial charge in [0, 0.05) is 11.7 Å². The van der Waals surface area contributed by atoms with Crippen molar-refractivity contribution < 1.29 is 4.42 Å². The van der Waals surface area contributed by atoms with Crippen LogP contribution in [0.3, 0.4) is 0 Å². The predicted molar refractivity (Wildman–Crippen MR) is 82.8 cm³/mol. The lowest BCUT2D eigenvalue weighted by Gasteiger charge is -2.33. The standard InChI is InChI=1S/C18H21NO/c1-15-7-5-10-17(13-15)19(14-18-11-6-12-20-18)16-8-3-2-4-9-16/h3,5-8,10-13,16H,2,4,9,14H2,1H3. The van der Waals surface area contributed by atoms with Gasteiger partial charge in [-0.05, 0) is 56.0 Å². The lowest BCUT2D eigenvalue weighted by atomic mass is 10.00. The quantitative estimate of drug-likeness (QED) is 0.746. The van der Waals surface area contributed by atoms with E-state index in [2.05, 4.69) is 54.3 Å². The number of aryl methyl sites for hydroxylation is 1. The van der Waals surface area contributed by atoms with E-state index < -0.39 is 0 Å². The molecule has 1 aromatic heterocycles. The zero-order valence-electron chi connectivity index (χ0n) is 12.0. The second kappa shape index (κ2) is 6.00. The number of anilines is 1. The topological polar surface area (TPSA) is 16.4 Å². The van der Waals surface area contributed by atoms with Crippen molar-refractivity contribution in [3.8, 4) is 0 Å². The predicted octanol–water partition coefficient (Wildman–Crippen LogP) is 4.70. The fourth-order valence-corrected chi connectivity index (χ4v) is 2.83. The number of hydrogen-bond acceptors (Lipinski definition) is 2. The van der Waals surface area contributed by atoms with Crippen LogP contribution in [0, 0.1) is 6.92 Å². The van der Waals surface area contributed by atoms with Crippen molar-refractivity contribution in [1.82, 2.24) is 0 Å². The third-order valence-electron chi connectivity index (χ3n) is 3.87. The fraction of sp³-hybridized carbons (Fsp3) is 0.333. The monoisotopic (exact) mass is 267 g/mol. The Morgan fingerprint density at radius 3 is 2.90 bits per heavy atom. The first-order valence-corrected chi connectivity index (χ1v) is 7.35. The van der Waals surface area contributed by atoms with E-state index >= 15 is 0 Å². The number of allylic oxidation sites excluding steroid dienone is 1. The minimum Gasteiger partial charge on any atom is -0.467 e. The maximum absolute atomic E-state index is 5.54. The minimum atomic E-state index is 0.468. The molecule has 0 saturated carbocycles. The van der Waals surface area contributed by atoms with Gasteiger partial charge in [0.25, 0.3) is 0 Å². The van der Waals surface area contributed by atoms with Gasteiger partial charge in [-0.1, -0.05) is 24.3 Å². The molecule has 0 amide bonds. The first kappa shape index (κ1) is 13.0. The lowest BCUT2D eigenvalue weighted by Crippen LogP contribution is -2.34. The van der Waals surface area contributed by atoms with Crippen LogP contribution in [0.1, 0.15) is 30.6 Å². The summed E-state index contributed by atoms with van der Waals surface area (Å²) in [6, 6.07) is 13.2. The molecule has 1 aromatic carbocycles. The summed E-state index contributed by atoms with van der Waals surface area (Å²) >= 11 is 0. The zero-order valence-corrected chi connectivity index (χ0v) is 12.0. The van der Waals surface area contributed by atoms with E-state index in [0.29, 0.717) is 6.04 Å². The molecule has 1 unspecified atom stereocenters. The molecular weight excluding hydrogens is 246 g/mol. The fourth-order valence-electron chi connectivity index (χ4n) is 2.83. The highest BCUT2D eigenvalue weighted by Gasteiger charge is 2.19. The first-order chi connectivity index (χ1) is 9.83. The molecule has 0 aliphatic heterocycles. The molecule has 1 heterocycles. The van der Waals surface area contributed by atoms with E-state index in [1.807, 2.05) is 6.07 Å². The normalized spacial score (nSPS) is 18.1. The van der Waals surface area contributed by atoms with Gasteiger partial charge in [0.2, 0.25) is 0 Å². The van der Waals surface area contributed by atoms with Gasteiger partial charge >= 0.3 is 0 Å². The van der Waals surface area contributed by atoms with Crippen molar-refractivity contribution in [2.24, 2.45) is 0 Å². The second-order valence-electron chi connectivity index (χ2n) is 5.47. The summed E-state index contributed by atoms with van der Waals surface area (Å²) in [5.74, 6) is 1.02. The Balaban J connectivity index is 1.89. The van der Waals surface area contributed by atoms with Gasteiger partial charge in [-0.25, -0.2) is 0 Å². The van der Waals surface area contributed by atoms with E-state index in [0.717, 1.165) is 12.3 Å². The van der Waals surface area contributed by atoms with E-state index in [1.54, 1.807) is 6.26 Å². The summed E-state index contributed by atoms with van der Waals surface area (Å²) in [7, 11) is 0. The highest BCUT2D eigenvalue weighted by Crippen LogP contribution is 2.26. The maximum atomic E-state index is 5.54. The third-order valence-corrected chi connectivity index (χ3v) is 3.87. The Morgan fingerprint density at radius 1 is 1.25 bits per heavy atom. The highest BCUT2D eigenvalue weighted by molar-refractivity contribution is 5.50. The van der Waals surface area contributed by atoms with Gasteiger partial charge in [-0.3, -0.25) is 0 Å². The molecule has 2 nitrogen and oxygen atoms in total. The molecule has 2 aromatic rings. The molecule has 0 saturated heterocycles. The van der Waals surface area contributed by atoms with Crippen LogP contribution in [-0.2, 0) is 6.54 Å². The molecular formula is C18H21NO. The summed E-state index contributed by atoms with van der Waals surface area (Å²) in [5.41, 5.74) is 2.57. The van der Waals surface area contributed by atoms with E-state index in [4.69, 9.17) is 4.42 Å². The van der Waals surface area contributed by atoms with Crippen LogP contribution in [0.2, 0.25) is 0 Å². The molecule has 0 radical (unpaired) electrons. The first-order valence-electron chi connectivity index (χ1n) is 7.35. The molecule has 1 aliphatic rings. The van der Waals surface area contributed by atoms with Crippen molar-refractivity contribution >= 4 is 5.69 Å². The largest absolute Gasteiger partial charge is 0.467 e. The number of hydrogen-bond donors (Lipinski definition) is 0. The van der Waals surface area contributed by atoms with E-state index in [9.17, 15) is 0 Å². The lowest BCUT2D eigenvalue weighted by molar-refractivity contribution is 0.484. The molecule has 0 bridgehead atoms. The van der Waals surface area contributed by atoms with Crippen LogP contribution in [0.25, 0.3) is 0 Å². The summed E-state index contributed by atoms with van der Waals surface area (Å²) in [5, 5.41) is 0. The number of furan rings is 1.